The number of ketones is 1. The van der Waals surface area contributed by atoms with Gasteiger partial charge in [-0.3, -0.25) is 9.59 Å². The highest BCUT2D eigenvalue weighted by molar-refractivity contribution is 6.42. The van der Waals surface area contributed by atoms with Crippen molar-refractivity contribution in [1.82, 2.24) is 4.90 Å². The van der Waals surface area contributed by atoms with Crippen molar-refractivity contribution < 1.29 is 9.59 Å². The van der Waals surface area contributed by atoms with Crippen molar-refractivity contribution in [2.45, 2.75) is 6.92 Å². The van der Waals surface area contributed by atoms with Gasteiger partial charge in [0.2, 0.25) is 5.78 Å². The average molecular weight is 308 g/mol. The number of nitrogens with zero attached hydrogens (tertiary/aromatic N) is 2. The molecule has 4 nitrogen and oxygen atoms in total. The average Bonchev–Trinajstić information content (AvgIpc) is 2.62. The second-order valence-electron chi connectivity index (χ2n) is 5.81. The molecule has 0 spiro atoms. The van der Waals surface area contributed by atoms with Crippen molar-refractivity contribution >= 4 is 17.4 Å². The minimum atomic E-state index is -0.418. The number of benzene rings is 2. The van der Waals surface area contributed by atoms with E-state index in [9.17, 15) is 9.59 Å². The van der Waals surface area contributed by atoms with E-state index >= 15 is 0 Å². The molecule has 0 unspecified atom stereocenters. The molecule has 4 heteroatoms. The number of hydrogen-bond acceptors (Lipinski definition) is 3. The maximum Gasteiger partial charge on any atom is 0.295 e. The molecule has 0 saturated carbocycles. The number of carbonyl (C=O) groups excluding carboxylic acids is 2. The molecule has 1 aliphatic rings. The molecule has 23 heavy (non-hydrogen) atoms. The van der Waals surface area contributed by atoms with Crippen LogP contribution in [0, 0.1) is 6.92 Å². The van der Waals surface area contributed by atoms with Gasteiger partial charge in [-0.2, -0.15) is 0 Å². The lowest BCUT2D eigenvalue weighted by atomic mass is 10.1. The molecule has 0 atom stereocenters. The van der Waals surface area contributed by atoms with E-state index in [0.29, 0.717) is 18.7 Å². The highest BCUT2D eigenvalue weighted by atomic mass is 16.2. The van der Waals surface area contributed by atoms with Gasteiger partial charge in [0.05, 0.1) is 0 Å². The molecule has 2 aromatic carbocycles. The molecule has 1 saturated heterocycles. The van der Waals surface area contributed by atoms with Gasteiger partial charge >= 0.3 is 0 Å². The topological polar surface area (TPSA) is 40.6 Å². The van der Waals surface area contributed by atoms with Gasteiger partial charge in [-0.25, -0.2) is 0 Å². The van der Waals surface area contributed by atoms with Crippen LogP contribution in [0.3, 0.4) is 0 Å². The van der Waals surface area contributed by atoms with Crippen molar-refractivity contribution in [3.05, 3.63) is 65.7 Å². The van der Waals surface area contributed by atoms with Gasteiger partial charge in [-0.1, -0.05) is 48.0 Å². The van der Waals surface area contributed by atoms with Crippen molar-refractivity contribution in [1.29, 1.82) is 0 Å². The maximum absolute atomic E-state index is 12.4. The summed E-state index contributed by atoms with van der Waals surface area (Å²) in [5, 5.41) is 0. The van der Waals surface area contributed by atoms with Crippen LogP contribution in [0.1, 0.15) is 15.9 Å². The van der Waals surface area contributed by atoms with E-state index < -0.39 is 11.7 Å². The van der Waals surface area contributed by atoms with Gasteiger partial charge < -0.3 is 9.80 Å². The molecule has 0 aliphatic carbocycles. The summed E-state index contributed by atoms with van der Waals surface area (Å²) >= 11 is 0. The molecule has 0 bridgehead atoms. The number of anilines is 1. The number of rotatable bonds is 3. The van der Waals surface area contributed by atoms with Crippen LogP contribution in [0.2, 0.25) is 0 Å². The van der Waals surface area contributed by atoms with E-state index in [1.165, 1.54) is 0 Å². The second-order valence-corrected chi connectivity index (χ2v) is 5.81. The van der Waals surface area contributed by atoms with Crippen molar-refractivity contribution in [2.24, 2.45) is 0 Å². The first-order valence-corrected chi connectivity index (χ1v) is 7.85. The third-order valence-electron chi connectivity index (χ3n) is 4.20. The molecule has 3 rings (SSSR count). The lowest BCUT2D eigenvalue weighted by Gasteiger charge is -2.35. The Morgan fingerprint density at radius 3 is 2.04 bits per heavy atom. The Kier molecular flexibility index (Phi) is 4.42. The summed E-state index contributed by atoms with van der Waals surface area (Å²) in [6.07, 6.45) is 0. The molecule has 1 amide bonds. The van der Waals surface area contributed by atoms with E-state index in [-0.39, 0.29) is 0 Å². The molecule has 1 heterocycles. The number of hydrogen-bond donors (Lipinski definition) is 0. The summed E-state index contributed by atoms with van der Waals surface area (Å²) in [5.41, 5.74) is 2.70. The molecule has 0 aromatic heterocycles. The Morgan fingerprint density at radius 2 is 1.43 bits per heavy atom. The van der Waals surface area contributed by atoms with E-state index in [1.807, 2.05) is 37.3 Å². The van der Waals surface area contributed by atoms with Crippen LogP contribution in [-0.4, -0.2) is 42.8 Å². The SMILES string of the molecule is Cc1ccc(C(=O)C(=O)N2CCN(c3ccccc3)CC2)cc1. The van der Waals surface area contributed by atoms with Crippen LogP contribution < -0.4 is 4.90 Å². The molecular weight excluding hydrogens is 288 g/mol. The Bertz CT molecular complexity index is 687. The van der Waals surface area contributed by atoms with E-state index in [2.05, 4.69) is 17.0 Å². The Morgan fingerprint density at radius 1 is 0.826 bits per heavy atom. The zero-order chi connectivity index (χ0) is 16.2. The van der Waals surface area contributed by atoms with E-state index in [4.69, 9.17) is 0 Å². The first-order chi connectivity index (χ1) is 11.1. The molecule has 118 valence electrons. The highest BCUT2D eigenvalue weighted by Gasteiger charge is 2.26. The van der Waals surface area contributed by atoms with Crippen molar-refractivity contribution in [3.63, 3.8) is 0 Å². The molecule has 0 radical (unpaired) electrons. The second kappa shape index (κ2) is 6.65. The standard InChI is InChI=1S/C19H20N2O2/c1-15-7-9-16(10-8-15)18(22)19(23)21-13-11-20(12-14-21)17-5-3-2-4-6-17/h2-10H,11-14H2,1H3. The first-order valence-electron chi connectivity index (χ1n) is 7.85. The largest absolute Gasteiger partial charge is 0.368 e. The van der Waals surface area contributed by atoms with E-state index in [1.54, 1.807) is 17.0 Å². The quantitative estimate of drug-likeness (QED) is 0.646. The number of amides is 1. The molecule has 0 N–H and O–H groups in total. The third kappa shape index (κ3) is 3.42. The minimum Gasteiger partial charge on any atom is -0.368 e. The van der Waals surface area contributed by atoms with Crippen LogP contribution in [0.4, 0.5) is 5.69 Å². The van der Waals surface area contributed by atoms with Crippen LogP contribution in [0.5, 0.6) is 0 Å². The van der Waals surface area contributed by atoms with Gasteiger partial charge in [0, 0.05) is 37.4 Å². The molecule has 1 aliphatic heterocycles. The molecule has 2 aromatic rings. The van der Waals surface area contributed by atoms with Crippen LogP contribution >= 0.6 is 0 Å². The number of aryl methyl sites for hydroxylation is 1. The van der Waals surface area contributed by atoms with Gasteiger partial charge in [0.15, 0.2) is 0 Å². The fourth-order valence-electron chi connectivity index (χ4n) is 2.78. The van der Waals surface area contributed by atoms with Crippen molar-refractivity contribution in [2.75, 3.05) is 31.1 Å². The summed E-state index contributed by atoms with van der Waals surface area (Å²) in [4.78, 5) is 28.6. The van der Waals surface area contributed by atoms with Gasteiger partial charge in [0.25, 0.3) is 5.91 Å². The predicted octanol–water partition coefficient (Wildman–Crippen LogP) is 2.53. The number of Topliss-reactive ketones (excluding diaryl/α,β-unsaturated/α-hetero) is 1. The monoisotopic (exact) mass is 308 g/mol. The summed E-state index contributed by atoms with van der Waals surface area (Å²) in [7, 11) is 0. The van der Waals surface area contributed by atoms with Gasteiger partial charge in [0.1, 0.15) is 0 Å². The predicted molar refractivity (Wildman–Crippen MR) is 90.7 cm³/mol. The fourth-order valence-corrected chi connectivity index (χ4v) is 2.78. The Hall–Kier alpha value is -2.62. The summed E-state index contributed by atoms with van der Waals surface area (Å²) < 4.78 is 0. The summed E-state index contributed by atoms with van der Waals surface area (Å²) in [6, 6.07) is 17.3. The normalized spacial score (nSPS) is 14.7. The smallest absolute Gasteiger partial charge is 0.295 e. The fraction of sp³-hybridized carbons (Fsp3) is 0.263. The highest BCUT2D eigenvalue weighted by Crippen LogP contribution is 2.16. The number of carbonyl (C=O) groups is 2. The first kappa shape index (κ1) is 15.3. The van der Waals surface area contributed by atoms with E-state index in [0.717, 1.165) is 24.3 Å². The summed E-state index contributed by atoms with van der Waals surface area (Å²) in [5.74, 6) is -0.820. The number of piperazine rings is 1. The van der Waals surface area contributed by atoms with Crippen molar-refractivity contribution in [3.8, 4) is 0 Å². The zero-order valence-corrected chi connectivity index (χ0v) is 13.2. The van der Waals surface area contributed by atoms with Crippen LogP contribution in [-0.2, 0) is 4.79 Å². The Labute approximate surface area is 136 Å². The molecule has 1 fully saturated rings. The molecular formula is C19H20N2O2. The summed E-state index contributed by atoms with van der Waals surface area (Å²) in [6.45, 7) is 4.60. The maximum atomic E-state index is 12.4. The third-order valence-corrected chi connectivity index (χ3v) is 4.20. The van der Waals surface area contributed by atoms with Gasteiger partial charge in [-0.05, 0) is 19.1 Å². The number of para-hydroxylation sites is 1. The zero-order valence-electron chi connectivity index (χ0n) is 13.2. The minimum absolute atomic E-state index is 0.401. The Balaban J connectivity index is 1.62. The van der Waals surface area contributed by atoms with Crippen LogP contribution in [0.15, 0.2) is 54.6 Å². The lowest BCUT2D eigenvalue weighted by Crippen LogP contribution is -2.50. The van der Waals surface area contributed by atoms with Crippen LogP contribution in [0.25, 0.3) is 0 Å². The van der Waals surface area contributed by atoms with Gasteiger partial charge in [-0.15, -0.1) is 0 Å². The lowest BCUT2D eigenvalue weighted by molar-refractivity contribution is -0.126.